The van der Waals surface area contributed by atoms with Gasteiger partial charge < -0.3 is 0 Å². The highest BCUT2D eigenvalue weighted by molar-refractivity contribution is 5.26. The second-order valence-corrected chi connectivity index (χ2v) is 3.59. The van der Waals surface area contributed by atoms with Crippen molar-refractivity contribution in [1.82, 2.24) is 0 Å². The van der Waals surface area contributed by atoms with Crippen LogP contribution in [0.1, 0.15) is 20.3 Å². The molecule has 0 heterocycles. The molecule has 0 spiro atoms. The zero-order valence-electron chi connectivity index (χ0n) is 11.4. The van der Waals surface area contributed by atoms with E-state index in [9.17, 15) is 0 Å². The fraction of sp³-hybridized carbons (Fsp3) is 0.167. The van der Waals surface area contributed by atoms with Gasteiger partial charge in [0.1, 0.15) is 0 Å². The summed E-state index contributed by atoms with van der Waals surface area (Å²) in [5, 5.41) is 0. The Balaban J connectivity index is 0.000000219. The maximum Gasteiger partial charge on any atom is -0.0312 e. The fourth-order valence-electron chi connectivity index (χ4n) is 0.962. The lowest BCUT2D eigenvalue weighted by Gasteiger charge is -1.65. The molecule has 3 aliphatic rings. The summed E-state index contributed by atoms with van der Waals surface area (Å²) in [6, 6.07) is 0. The van der Waals surface area contributed by atoms with Gasteiger partial charge in [-0.1, -0.05) is 20.3 Å². The van der Waals surface area contributed by atoms with Crippen LogP contribution >= 0.6 is 0 Å². The number of rotatable bonds is 0. The van der Waals surface area contributed by atoms with Crippen LogP contribution in [0, 0.1) is 96.3 Å². The SMILES string of the molecule is CCC.[CH]1[CH][CH][CH][CH]1.[CH]1[CH][CH][CH][CH]1.[CH]1[CH][CH][CH][CH]1. The molecule has 0 aromatic rings. The molecule has 18 heavy (non-hydrogen) atoms. The fourth-order valence-corrected chi connectivity index (χ4v) is 0.962. The van der Waals surface area contributed by atoms with E-state index in [4.69, 9.17) is 0 Å². The minimum absolute atomic E-state index is 1.25. The van der Waals surface area contributed by atoms with Crippen LogP contribution in [0.4, 0.5) is 0 Å². The van der Waals surface area contributed by atoms with Crippen molar-refractivity contribution in [1.29, 1.82) is 0 Å². The monoisotopic (exact) mass is 239 g/mol. The largest absolute Gasteiger partial charge is 0.0656 e. The van der Waals surface area contributed by atoms with Crippen LogP contribution < -0.4 is 0 Å². The molecule has 0 saturated heterocycles. The molecule has 0 N–H and O–H groups in total. The average Bonchev–Trinajstić information content (AvgIpc) is 3.19. The van der Waals surface area contributed by atoms with E-state index in [-0.39, 0.29) is 0 Å². The first kappa shape index (κ1) is 18.0. The minimum Gasteiger partial charge on any atom is -0.0656 e. The predicted molar refractivity (Wildman–Crippen MR) is 80.5 cm³/mol. The summed E-state index contributed by atoms with van der Waals surface area (Å²) in [4.78, 5) is 0. The van der Waals surface area contributed by atoms with Crippen molar-refractivity contribution in [3.05, 3.63) is 96.3 Å². The third-order valence-electron chi connectivity index (χ3n) is 1.67. The minimum atomic E-state index is 1.25. The predicted octanol–water partition coefficient (Wildman–Crippen LogP) is 4.48. The van der Waals surface area contributed by atoms with Crippen molar-refractivity contribution in [2.75, 3.05) is 0 Å². The lowest BCUT2D eigenvalue weighted by atomic mass is 10.4. The van der Waals surface area contributed by atoms with Crippen molar-refractivity contribution >= 4 is 0 Å². The molecular weight excluding hydrogens is 216 g/mol. The summed E-state index contributed by atoms with van der Waals surface area (Å²) >= 11 is 0. The highest BCUT2D eigenvalue weighted by Crippen LogP contribution is 2.09. The van der Waals surface area contributed by atoms with Crippen LogP contribution in [-0.2, 0) is 0 Å². The van der Waals surface area contributed by atoms with E-state index in [0.29, 0.717) is 0 Å². The van der Waals surface area contributed by atoms with Crippen LogP contribution in [0.3, 0.4) is 0 Å². The van der Waals surface area contributed by atoms with Crippen molar-refractivity contribution in [3.63, 3.8) is 0 Å². The molecule has 3 rings (SSSR count). The second kappa shape index (κ2) is 17.0. The summed E-state index contributed by atoms with van der Waals surface area (Å²) in [6.45, 7) is 4.25. The van der Waals surface area contributed by atoms with Gasteiger partial charge in [-0.25, -0.2) is 0 Å². The molecule has 0 unspecified atom stereocenters. The summed E-state index contributed by atoms with van der Waals surface area (Å²) < 4.78 is 0. The average molecular weight is 239 g/mol. The first-order chi connectivity index (χ1) is 8.91. The van der Waals surface area contributed by atoms with E-state index in [0.717, 1.165) is 0 Å². The summed E-state index contributed by atoms with van der Waals surface area (Å²) in [6.07, 6.45) is 31.2. The standard InChI is InChI=1S/3C5H5.C3H8/c3*1-2-4-5-3-1;1-3-2/h3*1-5H;3H2,1-2H3. The van der Waals surface area contributed by atoms with Crippen molar-refractivity contribution in [2.45, 2.75) is 20.3 Å². The zero-order chi connectivity index (χ0) is 13.3. The van der Waals surface area contributed by atoms with Crippen LogP contribution in [-0.4, -0.2) is 0 Å². The second-order valence-electron chi connectivity index (χ2n) is 3.59. The van der Waals surface area contributed by atoms with Crippen molar-refractivity contribution in [3.8, 4) is 0 Å². The highest BCUT2D eigenvalue weighted by atomic mass is 14.0. The van der Waals surface area contributed by atoms with Crippen LogP contribution in [0.15, 0.2) is 0 Å². The molecule has 0 amide bonds. The maximum atomic E-state index is 2.12. The molecule has 0 heteroatoms. The van der Waals surface area contributed by atoms with Gasteiger partial charge in [0.05, 0.1) is 0 Å². The zero-order valence-corrected chi connectivity index (χ0v) is 11.4. The lowest BCUT2D eigenvalue weighted by molar-refractivity contribution is 1.09. The van der Waals surface area contributed by atoms with E-state index in [1.54, 1.807) is 0 Å². The molecule has 0 aromatic heterocycles. The molecule has 3 aliphatic carbocycles. The van der Waals surface area contributed by atoms with Crippen LogP contribution in [0.5, 0.6) is 0 Å². The van der Waals surface area contributed by atoms with Crippen LogP contribution in [0.2, 0.25) is 0 Å². The Labute approximate surface area is 117 Å². The summed E-state index contributed by atoms with van der Waals surface area (Å²) in [5.41, 5.74) is 0. The highest BCUT2D eigenvalue weighted by Gasteiger charge is 1.98. The lowest BCUT2D eigenvalue weighted by Crippen LogP contribution is -1.54. The molecule has 0 bridgehead atoms. The Bertz CT molecular complexity index is 69.4. The van der Waals surface area contributed by atoms with Gasteiger partial charge in [-0.15, -0.1) is 0 Å². The van der Waals surface area contributed by atoms with E-state index in [1.807, 2.05) is 96.3 Å². The van der Waals surface area contributed by atoms with E-state index >= 15 is 0 Å². The number of hydrogen-bond donors (Lipinski definition) is 0. The summed E-state index contributed by atoms with van der Waals surface area (Å²) in [7, 11) is 0. The first-order valence-corrected chi connectivity index (χ1v) is 6.41. The molecule has 0 nitrogen and oxygen atoms in total. The van der Waals surface area contributed by atoms with Crippen molar-refractivity contribution < 1.29 is 0 Å². The summed E-state index contributed by atoms with van der Waals surface area (Å²) in [5.74, 6) is 0. The molecule has 3 saturated carbocycles. The van der Waals surface area contributed by atoms with Gasteiger partial charge in [-0.05, 0) is 96.3 Å². The van der Waals surface area contributed by atoms with Gasteiger partial charge in [0.2, 0.25) is 0 Å². The molecule has 0 aromatic carbocycles. The van der Waals surface area contributed by atoms with E-state index in [1.165, 1.54) is 6.42 Å². The molecular formula is C18H23. The third kappa shape index (κ3) is 16.0. The maximum absolute atomic E-state index is 2.12. The number of hydrogen-bond acceptors (Lipinski definition) is 0. The van der Waals surface area contributed by atoms with Gasteiger partial charge in [0.25, 0.3) is 0 Å². The van der Waals surface area contributed by atoms with Gasteiger partial charge >= 0.3 is 0 Å². The van der Waals surface area contributed by atoms with Gasteiger partial charge in [0.15, 0.2) is 0 Å². The van der Waals surface area contributed by atoms with E-state index < -0.39 is 0 Å². The van der Waals surface area contributed by atoms with Gasteiger partial charge in [0, 0.05) is 0 Å². The Kier molecular flexibility index (Phi) is 17.0. The normalized spacial score (nSPS) is 21.0. The topological polar surface area (TPSA) is 0 Å². The van der Waals surface area contributed by atoms with Gasteiger partial charge in [-0.2, -0.15) is 0 Å². The molecule has 15 radical (unpaired) electrons. The van der Waals surface area contributed by atoms with Gasteiger partial charge in [-0.3, -0.25) is 0 Å². The molecule has 3 fully saturated rings. The Hall–Kier alpha value is 0. The molecule has 0 aliphatic heterocycles. The Morgan fingerprint density at radius 2 is 0.389 bits per heavy atom. The quantitative estimate of drug-likeness (QED) is 0.584. The molecule has 95 valence electrons. The Morgan fingerprint density at radius 1 is 0.333 bits per heavy atom. The van der Waals surface area contributed by atoms with Crippen LogP contribution in [0.25, 0.3) is 0 Å². The van der Waals surface area contributed by atoms with Crippen molar-refractivity contribution in [2.24, 2.45) is 0 Å². The van der Waals surface area contributed by atoms with E-state index in [2.05, 4.69) is 13.8 Å². The smallest absolute Gasteiger partial charge is 0.0312 e. The first-order valence-electron chi connectivity index (χ1n) is 6.41. The third-order valence-corrected chi connectivity index (χ3v) is 1.67. The molecule has 0 atom stereocenters. The Morgan fingerprint density at radius 3 is 0.444 bits per heavy atom.